The molecule has 0 aromatic heterocycles. The molecule has 1 aliphatic rings. The van der Waals surface area contributed by atoms with Gasteiger partial charge in [0.1, 0.15) is 0 Å². The molecule has 5 nitrogen and oxygen atoms in total. The summed E-state index contributed by atoms with van der Waals surface area (Å²) in [6.45, 7) is 1.59. The molecular weight excluding hydrogens is 246 g/mol. The summed E-state index contributed by atoms with van der Waals surface area (Å²) in [5.41, 5.74) is 1.65. The zero-order valence-corrected chi connectivity index (χ0v) is 10.8. The quantitative estimate of drug-likeness (QED) is 0.871. The van der Waals surface area contributed by atoms with Gasteiger partial charge in [0.15, 0.2) is 0 Å². The van der Waals surface area contributed by atoms with Crippen LogP contribution in [0.25, 0.3) is 0 Å². The number of amides is 1. The van der Waals surface area contributed by atoms with Crippen LogP contribution in [0.2, 0.25) is 0 Å². The van der Waals surface area contributed by atoms with Crippen molar-refractivity contribution < 1.29 is 19.4 Å². The molecule has 0 bridgehead atoms. The molecule has 0 saturated carbocycles. The number of rotatable bonds is 5. The molecule has 2 rings (SSSR count). The number of likely N-dealkylation sites (tertiary alicyclic amines) is 1. The van der Waals surface area contributed by atoms with Gasteiger partial charge >= 0.3 is 5.97 Å². The van der Waals surface area contributed by atoms with Crippen LogP contribution in [0.1, 0.15) is 22.3 Å². The van der Waals surface area contributed by atoms with E-state index in [4.69, 9.17) is 9.84 Å². The van der Waals surface area contributed by atoms with Crippen molar-refractivity contribution in [1.29, 1.82) is 0 Å². The van der Waals surface area contributed by atoms with E-state index in [0.29, 0.717) is 25.3 Å². The Balaban J connectivity index is 1.89. The highest BCUT2D eigenvalue weighted by Gasteiger charge is 2.32. The van der Waals surface area contributed by atoms with Crippen LogP contribution in [0.4, 0.5) is 0 Å². The summed E-state index contributed by atoms with van der Waals surface area (Å²) in [6, 6.07) is 7.29. The number of benzene rings is 1. The number of hydrogen-bond donors (Lipinski definition) is 1. The first-order valence-electron chi connectivity index (χ1n) is 6.19. The van der Waals surface area contributed by atoms with Gasteiger partial charge in [-0.15, -0.1) is 0 Å². The number of hydrogen-bond acceptors (Lipinski definition) is 3. The molecule has 0 radical (unpaired) electrons. The minimum atomic E-state index is -0.805. The second kappa shape index (κ2) is 5.84. The number of aliphatic carboxylic acids is 1. The van der Waals surface area contributed by atoms with Crippen LogP contribution in [-0.4, -0.2) is 42.1 Å². The first-order chi connectivity index (χ1) is 9.10. The minimum Gasteiger partial charge on any atom is -0.481 e. The summed E-state index contributed by atoms with van der Waals surface area (Å²) < 4.78 is 5.01. The number of nitrogens with zero attached hydrogens (tertiary/aromatic N) is 1. The number of methoxy groups -OCH3 is 1. The van der Waals surface area contributed by atoms with E-state index >= 15 is 0 Å². The molecular formula is C14H17NO4. The normalized spacial score (nSPS) is 15.1. The van der Waals surface area contributed by atoms with Gasteiger partial charge in [-0.05, 0) is 17.7 Å². The van der Waals surface area contributed by atoms with Crippen LogP contribution in [0.3, 0.4) is 0 Å². The van der Waals surface area contributed by atoms with Gasteiger partial charge in [-0.25, -0.2) is 0 Å². The summed E-state index contributed by atoms with van der Waals surface area (Å²) in [7, 11) is 1.63. The number of carboxylic acids is 1. The molecule has 1 aliphatic heterocycles. The summed E-state index contributed by atoms with van der Waals surface area (Å²) in [4.78, 5) is 24.3. The Kier molecular flexibility index (Phi) is 4.16. The Morgan fingerprint density at radius 3 is 2.47 bits per heavy atom. The average Bonchev–Trinajstić information content (AvgIpc) is 2.33. The Morgan fingerprint density at radius 1 is 1.32 bits per heavy atom. The Hall–Kier alpha value is -1.88. The predicted molar refractivity (Wildman–Crippen MR) is 68.8 cm³/mol. The van der Waals surface area contributed by atoms with E-state index in [1.165, 1.54) is 0 Å². The van der Waals surface area contributed by atoms with Gasteiger partial charge in [-0.1, -0.05) is 12.1 Å². The van der Waals surface area contributed by atoms with Gasteiger partial charge in [0, 0.05) is 31.7 Å². The molecule has 1 aromatic rings. The Morgan fingerprint density at radius 2 is 1.95 bits per heavy atom. The molecule has 0 unspecified atom stereocenters. The lowest BCUT2D eigenvalue weighted by Gasteiger charge is -2.38. The summed E-state index contributed by atoms with van der Waals surface area (Å²) in [6.07, 6.45) is 0.135. The predicted octanol–water partition coefficient (Wildman–Crippen LogP) is 1.38. The van der Waals surface area contributed by atoms with Crippen molar-refractivity contribution in [1.82, 2.24) is 4.90 Å². The van der Waals surface area contributed by atoms with Gasteiger partial charge in [-0.2, -0.15) is 0 Å². The lowest BCUT2D eigenvalue weighted by Crippen LogP contribution is -2.50. The van der Waals surface area contributed by atoms with E-state index in [1.54, 1.807) is 24.1 Å². The maximum Gasteiger partial charge on any atom is 0.303 e. The molecule has 1 amide bonds. The standard InChI is InChI=1S/C14H17NO4/c1-19-9-10-2-4-12(5-3-10)14(18)15-7-11(8-15)6-13(16)17/h2-5,11H,6-9H2,1H3,(H,16,17). The average molecular weight is 263 g/mol. The zero-order chi connectivity index (χ0) is 13.8. The van der Waals surface area contributed by atoms with Gasteiger partial charge in [0.05, 0.1) is 13.0 Å². The first-order valence-corrected chi connectivity index (χ1v) is 6.19. The summed E-state index contributed by atoms with van der Waals surface area (Å²) >= 11 is 0. The minimum absolute atomic E-state index is 0.0365. The third kappa shape index (κ3) is 3.32. The van der Waals surface area contributed by atoms with Crippen LogP contribution >= 0.6 is 0 Å². The highest BCUT2D eigenvalue weighted by molar-refractivity contribution is 5.94. The number of carbonyl (C=O) groups excluding carboxylic acids is 1. The lowest BCUT2D eigenvalue weighted by atomic mass is 9.95. The van der Waals surface area contributed by atoms with Crippen molar-refractivity contribution in [3.8, 4) is 0 Å². The summed E-state index contributed by atoms with van der Waals surface area (Å²) in [5, 5.41) is 8.66. The van der Waals surface area contributed by atoms with Crippen molar-refractivity contribution in [2.75, 3.05) is 20.2 Å². The molecule has 0 aliphatic carbocycles. The van der Waals surface area contributed by atoms with E-state index in [9.17, 15) is 9.59 Å². The van der Waals surface area contributed by atoms with Crippen LogP contribution < -0.4 is 0 Å². The molecule has 0 atom stereocenters. The summed E-state index contributed by atoms with van der Waals surface area (Å²) in [5.74, 6) is -0.749. The first kappa shape index (κ1) is 13.5. The van der Waals surface area contributed by atoms with Crippen molar-refractivity contribution in [2.24, 2.45) is 5.92 Å². The molecule has 19 heavy (non-hydrogen) atoms. The second-order valence-corrected chi connectivity index (χ2v) is 4.80. The van der Waals surface area contributed by atoms with Crippen molar-refractivity contribution >= 4 is 11.9 Å². The highest BCUT2D eigenvalue weighted by atomic mass is 16.5. The van der Waals surface area contributed by atoms with E-state index in [-0.39, 0.29) is 18.2 Å². The molecule has 0 spiro atoms. The third-order valence-electron chi connectivity index (χ3n) is 3.22. The highest BCUT2D eigenvalue weighted by Crippen LogP contribution is 2.21. The Labute approximate surface area is 111 Å². The zero-order valence-electron chi connectivity index (χ0n) is 10.8. The van der Waals surface area contributed by atoms with Crippen LogP contribution in [0, 0.1) is 5.92 Å². The monoisotopic (exact) mass is 263 g/mol. The third-order valence-corrected chi connectivity index (χ3v) is 3.22. The van der Waals surface area contributed by atoms with E-state index in [0.717, 1.165) is 5.56 Å². The molecule has 1 aromatic carbocycles. The topological polar surface area (TPSA) is 66.8 Å². The molecule has 1 N–H and O–H groups in total. The molecule has 1 fully saturated rings. The van der Waals surface area contributed by atoms with Crippen molar-refractivity contribution in [2.45, 2.75) is 13.0 Å². The SMILES string of the molecule is COCc1ccc(C(=O)N2CC(CC(=O)O)C2)cc1. The fourth-order valence-electron chi connectivity index (χ4n) is 2.20. The molecule has 1 heterocycles. The van der Waals surface area contributed by atoms with Crippen LogP contribution in [-0.2, 0) is 16.1 Å². The molecule has 1 saturated heterocycles. The number of carbonyl (C=O) groups is 2. The smallest absolute Gasteiger partial charge is 0.303 e. The van der Waals surface area contributed by atoms with Gasteiger partial charge in [-0.3, -0.25) is 9.59 Å². The van der Waals surface area contributed by atoms with E-state index in [1.807, 2.05) is 12.1 Å². The van der Waals surface area contributed by atoms with Crippen LogP contribution in [0.5, 0.6) is 0 Å². The molecule has 102 valence electrons. The van der Waals surface area contributed by atoms with E-state index < -0.39 is 5.97 Å². The number of ether oxygens (including phenoxy) is 1. The largest absolute Gasteiger partial charge is 0.481 e. The van der Waals surface area contributed by atoms with E-state index in [2.05, 4.69) is 0 Å². The van der Waals surface area contributed by atoms with Crippen LogP contribution in [0.15, 0.2) is 24.3 Å². The number of carboxylic acid groups (broad SMARTS) is 1. The maximum atomic E-state index is 12.1. The maximum absolute atomic E-state index is 12.1. The Bertz CT molecular complexity index is 463. The fraction of sp³-hybridized carbons (Fsp3) is 0.429. The fourth-order valence-corrected chi connectivity index (χ4v) is 2.20. The lowest BCUT2D eigenvalue weighted by molar-refractivity contribution is -0.139. The van der Waals surface area contributed by atoms with Gasteiger partial charge in [0.2, 0.25) is 0 Å². The van der Waals surface area contributed by atoms with Gasteiger partial charge < -0.3 is 14.7 Å². The van der Waals surface area contributed by atoms with Gasteiger partial charge in [0.25, 0.3) is 5.91 Å². The molecule has 5 heteroatoms. The van der Waals surface area contributed by atoms with Crippen molar-refractivity contribution in [3.63, 3.8) is 0 Å². The van der Waals surface area contributed by atoms with Crippen molar-refractivity contribution in [3.05, 3.63) is 35.4 Å². The second-order valence-electron chi connectivity index (χ2n) is 4.80.